The molecule has 0 amide bonds. The van der Waals surface area contributed by atoms with Gasteiger partial charge in [-0.25, -0.2) is 14.2 Å². The van der Waals surface area contributed by atoms with Crippen LogP contribution in [0.15, 0.2) is 18.3 Å². The van der Waals surface area contributed by atoms with Gasteiger partial charge in [-0.2, -0.15) is 0 Å². The van der Waals surface area contributed by atoms with Crippen molar-refractivity contribution in [2.24, 2.45) is 7.05 Å². The van der Waals surface area contributed by atoms with Gasteiger partial charge in [-0.1, -0.05) is 5.21 Å². The molecule has 3 aromatic rings. The van der Waals surface area contributed by atoms with E-state index >= 15 is 0 Å². The number of hydrogen-bond acceptors (Lipinski definition) is 4. The summed E-state index contributed by atoms with van der Waals surface area (Å²) in [6.45, 7) is 0. The number of imidazole rings is 1. The van der Waals surface area contributed by atoms with Gasteiger partial charge in [0.05, 0.1) is 17.3 Å². The Morgan fingerprint density at radius 1 is 1.47 bits per heavy atom. The predicted octanol–water partition coefficient (Wildman–Crippen LogP) is 1.20. The van der Waals surface area contributed by atoms with Crippen molar-refractivity contribution in [3.63, 3.8) is 0 Å². The Morgan fingerprint density at radius 2 is 2.26 bits per heavy atom. The molecule has 2 N–H and O–H groups in total. The van der Waals surface area contributed by atoms with Crippen molar-refractivity contribution < 1.29 is 14.3 Å². The van der Waals surface area contributed by atoms with Crippen LogP contribution in [-0.2, 0) is 7.05 Å². The first kappa shape index (κ1) is 11.3. The van der Waals surface area contributed by atoms with Gasteiger partial charge in [0.2, 0.25) is 0 Å². The zero-order valence-electron chi connectivity index (χ0n) is 9.75. The maximum absolute atomic E-state index is 13.3. The van der Waals surface area contributed by atoms with Crippen LogP contribution in [0.3, 0.4) is 0 Å². The van der Waals surface area contributed by atoms with Gasteiger partial charge in [-0.3, -0.25) is 4.68 Å². The highest BCUT2D eigenvalue weighted by Gasteiger charge is 2.16. The third-order valence-corrected chi connectivity index (χ3v) is 2.63. The van der Waals surface area contributed by atoms with Crippen LogP contribution in [0.5, 0.6) is 0 Å². The molecule has 7 nitrogen and oxygen atoms in total. The van der Waals surface area contributed by atoms with Crippen molar-refractivity contribution >= 4 is 17.0 Å². The number of carboxylic acids is 1. The SMILES string of the molecule is Cn1cc(-c2nc3c(C(=O)O)cc(F)cc3[nH]2)nn1. The molecular weight excluding hydrogens is 253 g/mol. The van der Waals surface area contributed by atoms with Gasteiger partial charge in [-0.05, 0) is 12.1 Å². The molecule has 0 fully saturated rings. The number of aryl methyl sites for hydroxylation is 1. The lowest BCUT2D eigenvalue weighted by atomic mass is 10.2. The zero-order valence-corrected chi connectivity index (χ0v) is 9.75. The molecule has 8 heteroatoms. The molecule has 0 aliphatic rings. The third kappa shape index (κ3) is 1.82. The summed E-state index contributed by atoms with van der Waals surface area (Å²) in [6.07, 6.45) is 1.62. The van der Waals surface area contributed by atoms with E-state index in [9.17, 15) is 9.18 Å². The van der Waals surface area contributed by atoms with E-state index in [0.717, 1.165) is 6.07 Å². The molecule has 0 aliphatic heterocycles. The first-order valence-electron chi connectivity index (χ1n) is 5.34. The van der Waals surface area contributed by atoms with Crippen molar-refractivity contribution in [1.29, 1.82) is 0 Å². The van der Waals surface area contributed by atoms with Crippen LogP contribution >= 0.6 is 0 Å². The summed E-state index contributed by atoms with van der Waals surface area (Å²) in [5.41, 5.74) is 0.754. The van der Waals surface area contributed by atoms with Gasteiger partial charge in [0.15, 0.2) is 5.82 Å². The number of halogens is 1. The third-order valence-electron chi connectivity index (χ3n) is 2.63. The summed E-state index contributed by atoms with van der Waals surface area (Å²) in [5.74, 6) is -1.53. The molecule has 0 aliphatic carbocycles. The van der Waals surface area contributed by atoms with Gasteiger partial charge in [0.1, 0.15) is 17.0 Å². The summed E-state index contributed by atoms with van der Waals surface area (Å²) in [7, 11) is 1.70. The minimum atomic E-state index is -1.23. The highest BCUT2D eigenvalue weighted by molar-refractivity contribution is 6.01. The van der Waals surface area contributed by atoms with Crippen LogP contribution in [0.25, 0.3) is 22.6 Å². The smallest absolute Gasteiger partial charge is 0.338 e. The average molecular weight is 261 g/mol. The fraction of sp³-hybridized carbons (Fsp3) is 0.0909. The molecule has 19 heavy (non-hydrogen) atoms. The largest absolute Gasteiger partial charge is 0.478 e. The molecule has 0 spiro atoms. The maximum Gasteiger partial charge on any atom is 0.338 e. The van der Waals surface area contributed by atoms with Crippen LogP contribution in [0, 0.1) is 5.82 Å². The summed E-state index contributed by atoms with van der Waals surface area (Å²) in [5, 5.41) is 16.6. The predicted molar refractivity (Wildman–Crippen MR) is 63.0 cm³/mol. The van der Waals surface area contributed by atoms with E-state index in [1.165, 1.54) is 10.7 Å². The van der Waals surface area contributed by atoms with Gasteiger partial charge >= 0.3 is 5.97 Å². The van der Waals surface area contributed by atoms with Crippen molar-refractivity contribution in [3.8, 4) is 11.5 Å². The van der Waals surface area contributed by atoms with Gasteiger partial charge < -0.3 is 10.1 Å². The summed E-state index contributed by atoms with van der Waals surface area (Å²) >= 11 is 0. The van der Waals surface area contributed by atoms with E-state index in [1.54, 1.807) is 13.2 Å². The number of H-pyrrole nitrogens is 1. The van der Waals surface area contributed by atoms with E-state index in [4.69, 9.17) is 5.11 Å². The van der Waals surface area contributed by atoms with E-state index in [-0.39, 0.29) is 11.1 Å². The lowest BCUT2D eigenvalue weighted by molar-refractivity contribution is 0.0698. The monoisotopic (exact) mass is 261 g/mol. The van der Waals surface area contributed by atoms with E-state index < -0.39 is 11.8 Å². The molecule has 0 atom stereocenters. The average Bonchev–Trinajstić information content (AvgIpc) is 2.93. The molecule has 3 rings (SSSR count). The van der Waals surface area contributed by atoms with Crippen molar-refractivity contribution in [3.05, 3.63) is 29.7 Å². The van der Waals surface area contributed by atoms with E-state index in [1.807, 2.05) is 0 Å². The highest BCUT2D eigenvalue weighted by atomic mass is 19.1. The number of rotatable bonds is 2. The minimum absolute atomic E-state index is 0.189. The summed E-state index contributed by atoms with van der Waals surface area (Å²) in [4.78, 5) is 18.0. The van der Waals surface area contributed by atoms with Gasteiger partial charge in [0, 0.05) is 7.05 Å². The van der Waals surface area contributed by atoms with E-state index in [0.29, 0.717) is 17.0 Å². The number of carbonyl (C=O) groups is 1. The van der Waals surface area contributed by atoms with Crippen LogP contribution in [0.2, 0.25) is 0 Å². The van der Waals surface area contributed by atoms with Gasteiger partial charge in [-0.15, -0.1) is 5.10 Å². The quantitative estimate of drug-likeness (QED) is 0.722. The summed E-state index contributed by atoms with van der Waals surface area (Å²) < 4.78 is 14.8. The molecule has 0 bridgehead atoms. The fourth-order valence-electron chi connectivity index (χ4n) is 1.82. The Balaban J connectivity index is 2.25. The molecule has 2 heterocycles. The number of carboxylic acid groups (broad SMARTS) is 1. The lowest BCUT2D eigenvalue weighted by Crippen LogP contribution is -1.98. The van der Waals surface area contributed by atoms with Crippen LogP contribution in [0.1, 0.15) is 10.4 Å². The first-order chi connectivity index (χ1) is 9.04. The number of aromatic carboxylic acids is 1. The first-order valence-corrected chi connectivity index (χ1v) is 5.34. The molecule has 0 saturated carbocycles. The number of aromatic nitrogens is 5. The number of benzene rings is 1. The second kappa shape index (κ2) is 3.87. The molecule has 96 valence electrons. The molecule has 2 aromatic heterocycles. The van der Waals surface area contributed by atoms with E-state index in [2.05, 4.69) is 20.3 Å². The minimum Gasteiger partial charge on any atom is -0.478 e. The Kier molecular flexibility index (Phi) is 2.31. The number of nitrogens with zero attached hydrogens (tertiary/aromatic N) is 4. The van der Waals surface area contributed by atoms with Crippen molar-refractivity contribution in [1.82, 2.24) is 25.0 Å². The number of hydrogen-bond donors (Lipinski definition) is 2. The normalized spacial score (nSPS) is 11.1. The summed E-state index contributed by atoms with van der Waals surface area (Å²) in [6, 6.07) is 2.13. The number of fused-ring (bicyclic) bond motifs is 1. The van der Waals surface area contributed by atoms with Gasteiger partial charge in [0.25, 0.3) is 0 Å². The van der Waals surface area contributed by atoms with Crippen molar-refractivity contribution in [2.75, 3.05) is 0 Å². The topological polar surface area (TPSA) is 96.7 Å². The number of nitrogens with one attached hydrogen (secondary N) is 1. The number of aromatic amines is 1. The second-order valence-corrected chi connectivity index (χ2v) is 4.02. The van der Waals surface area contributed by atoms with Crippen LogP contribution < -0.4 is 0 Å². The maximum atomic E-state index is 13.3. The van der Waals surface area contributed by atoms with Crippen molar-refractivity contribution in [2.45, 2.75) is 0 Å². The second-order valence-electron chi connectivity index (χ2n) is 4.02. The Labute approximate surface area is 105 Å². The standard InChI is InChI=1S/C11H8FN5O2/c1-17-4-8(15-16-17)10-13-7-3-5(12)2-6(11(18)19)9(7)14-10/h2-4H,1H3,(H,13,14)(H,18,19). The Morgan fingerprint density at radius 3 is 2.89 bits per heavy atom. The Hall–Kier alpha value is -2.77. The molecule has 1 aromatic carbocycles. The fourth-order valence-corrected chi connectivity index (χ4v) is 1.82. The zero-order chi connectivity index (χ0) is 13.6. The lowest BCUT2D eigenvalue weighted by Gasteiger charge is -1.95. The highest BCUT2D eigenvalue weighted by Crippen LogP contribution is 2.22. The molecule has 0 unspecified atom stereocenters. The molecule has 0 saturated heterocycles. The molecule has 0 radical (unpaired) electrons. The Bertz CT molecular complexity index is 792. The molecular formula is C11H8FN5O2. The van der Waals surface area contributed by atoms with Crippen LogP contribution in [0.4, 0.5) is 4.39 Å². The van der Waals surface area contributed by atoms with Crippen LogP contribution in [-0.4, -0.2) is 36.0 Å².